The third kappa shape index (κ3) is 2.48. The predicted molar refractivity (Wildman–Crippen MR) is 60.2 cm³/mol. The molecule has 0 saturated heterocycles. The summed E-state index contributed by atoms with van der Waals surface area (Å²) in [5, 5.41) is 12.0. The molecular formula is C12H13N3. The number of rotatable bonds is 3. The zero-order valence-electron chi connectivity index (χ0n) is 8.91. The topological polar surface area (TPSA) is 48.7 Å². The monoisotopic (exact) mass is 199 g/mol. The fraction of sp³-hybridized carbons (Fsp3) is 0.333. The number of aryl methyl sites for hydroxylation is 1. The standard InChI is InChI=1S/C12H13N3/c1-4-10(5-2)15-12-11(8-13)9(3)6-7-14-12/h1,6-7,10H,5H2,2-3H3,(H,14,15). The number of nitriles is 1. The summed E-state index contributed by atoms with van der Waals surface area (Å²) in [6, 6.07) is 3.85. The highest BCUT2D eigenvalue weighted by Gasteiger charge is 2.09. The minimum absolute atomic E-state index is 0.0774. The fourth-order valence-corrected chi connectivity index (χ4v) is 1.24. The summed E-state index contributed by atoms with van der Waals surface area (Å²) in [7, 11) is 0. The summed E-state index contributed by atoms with van der Waals surface area (Å²) in [5.74, 6) is 3.18. The number of pyridine rings is 1. The van der Waals surface area contributed by atoms with E-state index in [0.717, 1.165) is 12.0 Å². The van der Waals surface area contributed by atoms with Gasteiger partial charge >= 0.3 is 0 Å². The molecule has 76 valence electrons. The van der Waals surface area contributed by atoms with Gasteiger partial charge in [-0.1, -0.05) is 12.8 Å². The molecule has 1 unspecified atom stereocenters. The van der Waals surface area contributed by atoms with E-state index in [1.807, 2.05) is 13.8 Å². The lowest BCUT2D eigenvalue weighted by atomic mass is 10.1. The molecule has 1 atom stereocenters. The Kier molecular flexibility index (Phi) is 3.71. The molecule has 0 aromatic carbocycles. The van der Waals surface area contributed by atoms with Crippen molar-refractivity contribution >= 4 is 5.82 Å². The molecule has 0 aliphatic heterocycles. The third-order valence-corrected chi connectivity index (χ3v) is 2.19. The molecule has 1 aromatic rings. The second-order valence-electron chi connectivity index (χ2n) is 3.24. The lowest BCUT2D eigenvalue weighted by molar-refractivity contribution is 0.849. The van der Waals surface area contributed by atoms with Crippen LogP contribution in [-0.2, 0) is 0 Å². The van der Waals surface area contributed by atoms with Gasteiger partial charge in [-0.2, -0.15) is 5.26 Å². The number of anilines is 1. The van der Waals surface area contributed by atoms with Gasteiger partial charge in [0.05, 0.1) is 11.6 Å². The Bertz CT molecular complexity index is 423. The van der Waals surface area contributed by atoms with Crippen molar-refractivity contribution in [3.8, 4) is 18.4 Å². The van der Waals surface area contributed by atoms with Crippen LogP contribution in [0.25, 0.3) is 0 Å². The van der Waals surface area contributed by atoms with Gasteiger partial charge in [-0.15, -0.1) is 6.42 Å². The first kappa shape index (κ1) is 11.1. The van der Waals surface area contributed by atoms with Gasteiger partial charge in [0.15, 0.2) is 0 Å². The summed E-state index contributed by atoms with van der Waals surface area (Å²) in [5.41, 5.74) is 1.47. The van der Waals surface area contributed by atoms with Gasteiger partial charge in [0, 0.05) is 6.20 Å². The van der Waals surface area contributed by atoms with Crippen LogP contribution in [0.1, 0.15) is 24.5 Å². The molecule has 15 heavy (non-hydrogen) atoms. The Hall–Kier alpha value is -2.00. The van der Waals surface area contributed by atoms with E-state index in [-0.39, 0.29) is 6.04 Å². The van der Waals surface area contributed by atoms with E-state index in [9.17, 15) is 0 Å². The SMILES string of the molecule is C#CC(CC)Nc1nccc(C)c1C#N. The highest BCUT2D eigenvalue weighted by Crippen LogP contribution is 2.16. The van der Waals surface area contributed by atoms with Crippen LogP contribution < -0.4 is 5.32 Å². The van der Waals surface area contributed by atoms with Crippen molar-refractivity contribution in [1.29, 1.82) is 5.26 Å². The molecular weight excluding hydrogens is 186 g/mol. The van der Waals surface area contributed by atoms with Crippen LogP contribution in [0.15, 0.2) is 12.3 Å². The molecule has 0 amide bonds. The first-order chi connectivity index (χ1) is 7.22. The fourth-order valence-electron chi connectivity index (χ4n) is 1.24. The van der Waals surface area contributed by atoms with Crippen LogP contribution >= 0.6 is 0 Å². The smallest absolute Gasteiger partial charge is 0.145 e. The first-order valence-corrected chi connectivity index (χ1v) is 4.81. The number of nitrogens with zero attached hydrogens (tertiary/aromatic N) is 2. The second-order valence-corrected chi connectivity index (χ2v) is 3.24. The van der Waals surface area contributed by atoms with Gasteiger partial charge < -0.3 is 5.32 Å². The van der Waals surface area contributed by atoms with E-state index in [1.165, 1.54) is 0 Å². The van der Waals surface area contributed by atoms with Gasteiger partial charge in [-0.3, -0.25) is 0 Å². The predicted octanol–water partition coefficient (Wildman–Crippen LogP) is 2.09. The van der Waals surface area contributed by atoms with E-state index >= 15 is 0 Å². The van der Waals surface area contributed by atoms with Crippen molar-refractivity contribution < 1.29 is 0 Å². The van der Waals surface area contributed by atoms with Gasteiger partial charge in [-0.25, -0.2) is 4.98 Å². The molecule has 0 aliphatic rings. The molecule has 1 heterocycles. The third-order valence-electron chi connectivity index (χ3n) is 2.19. The van der Waals surface area contributed by atoms with Crippen molar-refractivity contribution in [1.82, 2.24) is 4.98 Å². The molecule has 0 bridgehead atoms. The van der Waals surface area contributed by atoms with Crippen LogP contribution in [0.4, 0.5) is 5.82 Å². The Morgan fingerprint density at radius 1 is 1.67 bits per heavy atom. The van der Waals surface area contributed by atoms with Crippen LogP contribution in [0.3, 0.4) is 0 Å². The molecule has 0 saturated carbocycles. The van der Waals surface area contributed by atoms with Crippen LogP contribution in [0.5, 0.6) is 0 Å². The van der Waals surface area contributed by atoms with Crippen LogP contribution in [0, 0.1) is 30.6 Å². The Balaban J connectivity index is 3.01. The van der Waals surface area contributed by atoms with Gasteiger partial charge in [0.1, 0.15) is 11.9 Å². The Morgan fingerprint density at radius 2 is 2.40 bits per heavy atom. The number of aromatic nitrogens is 1. The summed E-state index contributed by atoms with van der Waals surface area (Å²) in [6.45, 7) is 3.86. The normalized spacial score (nSPS) is 11.2. The van der Waals surface area contributed by atoms with E-state index in [4.69, 9.17) is 11.7 Å². The maximum atomic E-state index is 8.98. The van der Waals surface area contributed by atoms with E-state index in [0.29, 0.717) is 11.4 Å². The van der Waals surface area contributed by atoms with Crippen molar-refractivity contribution in [2.45, 2.75) is 26.3 Å². The van der Waals surface area contributed by atoms with Gasteiger partial charge in [0.25, 0.3) is 0 Å². The molecule has 1 rings (SSSR count). The summed E-state index contributed by atoms with van der Waals surface area (Å²) in [6.07, 6.45) is 7.81. The molecule has 1 aromatic heterocycles. The first-order valence-electron chi connectivity index (χ1n) is 4.81. The Morgan fingerprint density at radius 3 is 2.93 bits per heavy atom. The lowest BCUT2D eigenvalue weighted by Gasteiger charge is -2.13. The van der Waals surface area contributed by atoms with Crippen LogP contribution in [0.2, 0.25) is 0 Å². The van der Waals surface area contributed by atoms with E-state index in [2.05, 4.69) is 22.3 Å². The highest BCUT2D eigenvalue weighted by molar-refractivity contribution is 5.56. The summed E-state index contributed by atoms with van der Waals surface area (Å²) >= 11 is 0. The maximum Gasteiger partial charge on any atom is 0.145 e. The molecule has 0 spiro atoms. The highest BCUT2D eigenvalue weighted by atomic mass is 15.0. The molecule has 1 N–H and O–H groups in total. The molecule has 3 heteroatoms. The summed E-state index contributed by atoms with van der Waals surface area (Å²) < 4.78 is 0. The summed E-state index contributed by atoms with van der Waals surface area (Å²) in [4.78, 5) is 4.12. The minimum Gasteiger partial charge on any atom is -0.355 e. The zero-order chi connectivity index (χ0) is 11.3. The molecule has 3 nitrogen and oxygen atoms in total. The van der Waals surface area contributed by atoms with Crippen molar-refractivity contribution in [2.75, 3.05) is 5.32 Å². The van der Waals surface area contributed by atoms with Gasteiger partial charge in [-0.05, 0) is 25.0 Å². The van der Waals surface area contributed by atoms with Gasteiger partial charge in [0.2, 0.25) is 0 Å². The van der Waals surface area contributed by atoms with E-state index in [1.54, 1.807) is 12.3 Å². The quantitative estimate of drug-likeness (QED) is 0.758. The van der Waals surface area contributed by atoms with E-state index < -0.39 is 0 Å². The number of nitrogens with one attached hydrogen (secondary N) is 1. The van der Waals surface area contributed by atoms with Crippen LogP contribution in [-0.4, -0.2) is 11.0 Å². The Labute approximate surface area is 90.1 Å². The number of hydrogen-bond donors (Lipinski definition) is 1. The number of hydrogen-bond acceptors (Lipinski definition) is 3. The zero-order valence-corrected chi connectivity index (χ0v) is 8.91. The number of terminal acetylenes is 1. The maximum absolute atomic E-state index is 8.98. The van der Waals surface area contributed by atoms with Crippen molar-refractivity contribution in [3.05, 3.63) is 23.4 Å². The largest absolute Gasteiger partial charge is 0.355 e. The molecule has 0 fully saturated rings. The molecule has 0 radical (unpaired) electrons. The average molecular weight is 199 g/mol. The average Bonchev–Trinajstić information content (AvgIpc) is 2.26. The second kappa shape index (κ2) is 5.02. The van der Waals surface area contributed by atoms with Crippen molar-refractivity contribution in [3.63, 3.8) is 0 Å². The minimum atomic E-state index is -0.0774. The molecule has 0 aliphatic carbocycles. The van der Waals surface area contributed by atoms with Crippen molar-refractivity contribution in [2.24, 2.45) is 0 Å². The lowest BCUT2D eigenvalue weighted by Crippen LogP contribution is -2.17.